The average Bonchev–Trinajstić information content (AvgIpc) is 3.10. The van der Waals surface area contributed by atoms with Crippen molar-refractivity contribution in [3.63, 3.8) is 0 Å². The lowest BCUT2D eigenvalue weighted by Crippen LogP contribution is -2.38. The first-order valence-corrected chi connectivity index (χ1v) is 9.79. The van der Waals surface area contributed by atoms with E-state index in [1.54, 1.807) is 11.3 Å². The number of amides is 1. The van der Waals surface area contributed by atoms with Crippen molar-refractivity contribution in [2.75, 3.05) is 19.8 Å². The fourth-order valence-corrected chi connectivity index (χ4v) is 4.21. The highest BCUT2D eigenvalue weighted by Crippen LogP contribution is 2.33. The van der Waals surface area contributed by atoms with Crippen LogP contribution in [0.15, 0.2) is 35.7 Å². The molecule has 25 heavy (non-hydrogen) atoms. The summed E-state index contributed by atoms with van der Waals surface area (Å²) in [5.41, 5.74) is 1.31. The van der Waals surface area contributed by atoms with Gasteiger partial charge in [-0.3, -0.25) is 4.79 Å². The second-order valence-electron chi connectivity index (χ2n) is 6.14. The van der Waals surface area contributed by atoms with E-state index in [1.807, 2.05) is 36.1 Å². The first kappa shape index (κ1) is 17.8. The number of para-hydroxylation sites is 2. The lowest BCUT2D eigenvalue weighted by molar-refractivity contribution is -0.134. The van der Waals surface area contributed by atoms with E-state index >= 15 is 0 Å². The van der Waals surface area contributed by atoms with E-state index in [9.17, 15) is 4.79 Å². The van der Waals surface area contributed by atoms with Gasteiger partial charge in [0.15, 0.2) is 11.5 Å². The Hall–Kier alpha value is -2.01. The Bertz CT molecular complexity index is 712. The molecule has 1 unspecified atom stereocenters. The molecule has 1 aliphatic rings. The number of rotatable bonds is 7. The Labute approximate surface area is 153 Å². The number of hydrogen-bond donors (Lipinski definition) is 0. The summed E-state index contributed by atoms with van der Waals surface area (Å²) in [5, 5.41) is 2.12. The highest BCUT2D eigenvalue weighted by molar-refractivity contribution is 7.10. The fourth-order valence-electron chi connectivity index (χ4n) is 3.24. The van der Waals surface area contributed by atoms with Gasteiger partial charge in [-0.15, -0.1) is 11.3 Å². The number of nitrogens with zero attached hydrogens (tertiary/aromatic N) is 1. The molecule has 0 fully saturated rings. The summed E-state index contributed by atoms with van der Waals surface area (Å²) >= 11 is 1.80. The molecule has 0 N–H and O–H groups in total. The van der Waals surface area contributed by atoms with E-state index in [1.165, 1.54) is 10.4 Å². The molecule has 1 amide bonds. The van der Waals surface area contributed by atoms with Crippen LogP contribution < -0.4 is 9.47 Å². The molecule has 0 spiro atoms. The second-order valence-corrected chi connectivity index (χ2v) is 7.14. The molecular weight excluding hydrogens is 334 g/mol. The van der Waals surface area contributed by atoms with Crippen LogP contribution in [0.25, 0.3) is 0 Å². The molecule has 2 aromatic rings. The molecule has 4 nitrogen and oxygen atoms in total. The van der Waals surface area contributed by atoms with E-state index in [-0.39, 0.29) is 11.9 Å². The van der Waals surface area contributed by atoms with E-state index in [0.717, 1.165) is 24.5 Å². The van der Waals surface area contributed by atoms with Crippen LogP contribution in [0.5, 0.6) is 11.5 Å². The number of thiophene rings is 1. The molecule has 1 aromatic heterocycles. The molecule has 1 aliphatic heterocycles. The smallest absolute Gasteiger partial charge is 0.223 e. The van der Waals surface area contributed by atoms with Crippen LogP contribution in [-0.2, 0) is 11.2 Å². The Morgan fingerprint density at radius 3 is 2.76 bits per heavy atom. The van der Waals surface area contributed by atoms with Gasteiger partial charge in [0, 0.05) is 17.8 Å². The molecule has 0 aliphatic carbocycles. The van der Waals surface area contributed by atoms with Crippen LogP contribution in [0.3, 0.4) is 0 Å². The predicted octanol–water partition coefficient (Wildman–Crippen LogP) is 4.45. The summed E-state index contributed by atoms with van der Waals surface area (Å²) in [5.74, 6) is 1.71. The summed E-state index contributed by atoms with van der Waals surface area (Å²) in [4.78, 5) is 16.0. The number of benzene rings is 1. The number of ether oxygens (including phenoxy) is 2. The van der Waals surface area contributed by atoms with Crippen LogP contribution >= 0.6 is 11.3 Å². The lowest BCUT2D eigenvalue weighted by Gasteiger charge is -2.33. The highest BCUT2D eigenvalue weighted by atomic mass is 32.1. The molecule has 3 rings (SSSR count). The zero-order valence-corrected chi connectivity index (χ0v) is 15.7. The normalized spacial score (nSPS) is 16.4. The third-order valence-electron chi connectivity index (χ3n) is 4.54. The van der Waals surface area contributed by atoms with E-state index in [2.05, 4.69) is 18.4 Å². The first-order valence-electron chi connectivity index (χ1n) is 8.91. The molecular formula is C20H25NO3S. The molecule has 0 saturated heterocycles. The summed E-state index contributed by atoms with van der Waals surface area (Å²) in [6.07, 6.45) is 2.20. The maximum absolute atomic E-state index is 12.6. The highest BCUT2D eigenvalue weighted by Gasteiger charge is 2.27. The third kappa shape index (κ3) is 4.15. The van der Waals surface area contributed by atoms with Crippen molar-refractivity contribution in [1.82, 2.24) is 4.90 Å². The molecule has 2 heterocycles. The number of fused-ring (bicyclic) bond motifs is 1. The van der Waals surface area contributed by atoms with E-state index in [4.69, 9.17) is 9.47 Å². The van der Waals surface area contributed by atoms with Gasteiger partial charge < -0.3 is 14.4 Å². The third-order valence-corrected chi connectivity index (χ3v) is 5.54. The van der Waals surface area contributed by atoms with Gasteiger partial charge in [0.1, 0.15) is 0 Å². The van der Waals surface area contributed by atoms with Gasteiger partial charge in [0.2, 0.25) is 5.91 Å². The number of hydrogen-bond acceptors (Lipinski definition) is 4. The van der Waals surface area contributed by atoms with Crippen molar-refractivity contribution in [3.05, 3.63) is 46.2 Å². The molecule has 0 radical (unpaired) electrons. The number of carbonyl (C=O) groups is 1. The zero-order valence-electron chi connectivity index (χ0n) is 14.9. The Balaban J connectivity index is 1.47. The van der Waals surface area contributed by atoms with Crippen molar-refractivity contribution in [2.45, 2.75) is 39.2 Å². The second kappa shape index (κ2) is 8.39. The molecule has 1 aromatic carbocycles. The lowest BCUT2D eigenvalue weighted by atomic mass is 10.0. The van der Waals surface area contributed by atoms with Gasteiger partial charge in [-0.05, 0) is 55.8 Å². The SMILES string of the molecule is CCOc1ccccc1OCCCC(=O)N1CCc2sccc2C1C. The molecule has 0 saturated carbocycles. The van der Waals surface area contributed by atoms with Gasteiger partial charge in [0.25, 0.3) is 0 Å². The van der Waals surface area contributed by atoms with Gasteiger partial charge in [0.05, 0.1) is 19.3 Å². The van der Waals surface area contributed by atoms with E-state index < -0.39 is 0 Å². The van der Waals surface area contributed by atoms with Crippen molar-refractivity contribution in [3.8, 4) is 11.5 Å². The fraction of sp³-hybridized carbons (Fsp3) is 0.450. The van der Waals surface area contributed by atoms with Crippen molar-refractivity contribution in [1.29, 1.82) is 0 Å². The molecule has 1 atom stereocenters. The minimum atomic E-state index is 0.182. The summed E-state index contributed by atoms with van der Waals surface area (Å²) < 4.78 is 11.4. The Morgan fingerprint density at radius 1 is 1.24 bits per heavy atom. The summed E-state index contributed by atoms with van der Waals surface area (Å²) in [7, 11) is 0. The molecule has 0 bridgehead atoms. The van der Waals surface area contributed by atoms with Gasteiger partial charge in [-0.25, -0.2) is 0 Å². The summed E-state index contributed by atoms with van der Waals surface area (Å²) in [6, 6.07) is 9.99. The minimum Gasteiger partial charge on any atom is -0.490 e. The van der Waals surface area contributed by atoms with Crippen molar-refractivity contribution in [2.24, 2.45) is 0 Å². The minimum absolute atomic E-state index is 0.182. The van der Waals surface area contributed by atoms with Gasteiger partial charge in [-0.2, -0.15) is 0 Å². The van der Waals surface area contributed by atoms with Crippen LogP contribution in [0.4, 0.5) is 0 Å². The van der Waals surface area contributed by atoms with E-state index in [0.29, 0.717) is 26.1 Å². The largest absolute Gasteiger partial charge is 0.490 e. The van der Waals surface area contributed by atoms with Gasteiger partial charge >= 0.3 is 0 Å². The van der Waals surface area contributed by atoms with Crippen LogP contribution in [0.2, 0.25) is 0 Å². The first-order chi connectivity index (χ1) is 12.2. The topological polar surface area (TPSA) is 38.8 Å². The number of carbonyl (C=O) groups excluding carboxylic acids is 1. The van der Waals surface area contributed by atoms with Crippen molar-refractivity contribution >= 4 is 17.2 Å². The molecule has 134 valence electrons. The zero-order chi connectivity index (χ0) is 17.6. The standard InChI is InChI=1S/C20H25NO3S/c1-3-23-17-7-4-5-8-18(17)24-13-6-9-20(22)21-12-10-19-16(15(21)2)11-14-25-19/h4-5,7-8,11,14-15H,3,6,9-10,12-13H2,1-2H3. The average molecular weight is 359 g/mol. The maximum Gasteiger partial charge on any atom is 0.223 e. The van der Waals surface area contributed by atoms with Crippen LogP contribution in [0.1, 0.15) is 43.2 Å². The predicted molar refractivity (Wildman–Crippen MR) is 100 cm³/mol. The maximum atomic E-state index is 12.6. The summed E-state index contributed by atoms with van der Waals surface area (Å²) in [6.45, 7) is 6.02. The van der Waals surface area contributed by atoms with Crippen molar-refractivity contribution < 1.29 is 14.3 Å². The van der Waals surface area contributed by atoms with Gasteiger partial charge in [-0.1, -0.05) is 12.1 Å². The Morgan fingerprint density at radius 2 is 2.00 bits per heavy atom. The Kier molecular flexibility index (Phi) is 5.97. The monoisotopic (exact) mass is 359 g/mol. The van der Waals surface area contributed by atoms with Crippen LogP contribution in [-0.4, -0.2) is 30.6 Å². The molecule has 5 heteroatoms. The quantitative estimate of drug-likeness (QED) is 0.686. The van der Waals surface area contributed by atoms with Crippen LogP contribution in [0, 0.1) is 0 Å².